The lowest BCUT2D eigenvalue weighted by Gasteiger charge is -2.10. The van der Waals surface area contributed by atoms with E-state index < -0.39 is 0 Å². The Kier molecular flexibility index (Phi) is 6.64. The first-order valence-corrected chi connectivity index (χ1v) is 17.5. The molecule has 10 rings (SSSR count). The molecule has 5 heteroatoms. The maximum absolute atomic E-state index is 5.14. The number of benzene rings is 6. The second-order valence-electron chi connectivity index (χ2n) is 12.5. The van der Waals surface area contributed by atoms with Gasteiger partial charge in [0.1, 0.15) is 0 Å². The summed E-state index contributed by atoms with van der Waals surface area (Å²) in [6, 6.07) is 55.9. The molecular formula is C45H28N4S. The van der Waals surface area contributed by atoms with Crippen molar-refractivity contribution in [1.82, 2.24) is 19.5 Å². The van der Waals surface area contributed by atoms with Crippen molar-refractivity contribution in [2.24, 2.45) is 0 Å². The van der Waals surface area contributed by atoms with Crippen LogP contribution in [-0.2, 0) is 0 Å². The molecular weight excluding hydrogens is 629 g/mol. The molecule has 0 saturated heterocycles. The highest BCUT2D eigenvalue weighted by Crippen LogP contribution is 2.40. The van der Waals surface area contributed by atoms with Gasteiger partial charge >= 0.3 is 0 Å². The standard InChI is InChI=1S/C45H28N4S/c1-2-9-31(10-3-1)45-47-39(30-18-16-29(17-19-30)33-11-8-24-46-28-33)27-40(48-45)32-20-22-43-37(25-32)38-26-34(21-23-44(38)50-43)49-41-14-6-4-12-35(41)36-13-5-7-15-42(36)49/h1-28H. The van der Waals surface area contributed by atoms with E-state index in [1.54, 1.807) is 6.20 Å². The Morgan fingerprint density at radius 1 is 0.420 bits per heavy atom. The maximum atomic E-state index is 5.14. The van der Waals surface area contributed by atoms with E-state index in [-0.39, 0.29) is 0 Å². The molecule has 0 amide bonds. The third kappa shape index (κ3) is 4.79. The van der Waals surface area contributed by atoms with Crippen molar-refractivity contribution in [3.8, 4) is 50.7 Å². The molecule has 0 N–H and O–H groups in total. The third-order valence-electron chi connectivity index (χ3n) is 9.52. The SMILES string of the molecule is c1ccc(-c2nc(-c3ccc(-c4cccnc4)cc3)cc(-c3ccc4sc5ccc(-n6c7ccccc7c7ccccc76)cc5c4c3)n2)cc1. The molecule has 0 atom stereocenters. The Balaban J connectivity index is 1.12. The number of fused-ring (bicyclic) bond motifs is 6. The highest BCUT2D eigenvalue weighted by atomic mass is 32.1. The van der Waals surface area contributed by atoms with Crippen LogP contribution in [0.3, 0.4) is 0 Å². The zero-order valence-electron chi connectivity index (χ0n) is 26.9. The summed E-state index contributed by atoms with van der Waals surface area (Å²) >= 11 is 1.83. The molecule has 0 unspecified atom stereocenters. The molecule has 0 spiro atoms. The van der Waals surface area contributed by atoms with Crippen LogP contribution in [0.1, 0.15) is 0 Å². The summed E-state index contributed by atoms with van der Waals surface area (Å²) in [7, 11) is 0. The zero-order chi connectivity index (χ0) is 33.0. The summed E-state index contributed by atoms with van der Waals surface area (Å²) in [4.78, 5) is 14.5. The van der Waals surface area contributed by atoms with Gasteiger partial charge in [0.2, 0.25) is 0 Å². The summed E-state index contributed by atoms with van der Waals surface area (Å²) in [5.41, 5.74) is 10.7. The first-order chi connectivity index (χ1) is 24.8. The van der Waals surface area contributed by atoms with E-state index in [0.29, 0.717) is 5.82 Å². The van der Waals surface area contributed by atoms with Gasteiger partial charge in [-0.3, -0.25) is 4.98 Å². The molecule has 0 aliphatic heterocycles. The Hall–Kier alpha value is -6.43. The smallest absolute Gasteiger partial charge is 0.160 e. The number of para-hydroxylation sites is 2. The van der Waals surface area contributed by atoms with Gasteiger partial charge in [-0.2, -0.15) is 0 Å². The summed E-state index contributed by atoms with van der Waals surface area (Å²) in [6.07, 6.45) is 3.69. The van der Waals surface area contributed by atoms with Crippen molar-refractivity contribution in [3.63, 3.8) is 0 Å². The Morgan fingerprint density at radius 2 is 1.02 bits per heavy atom. The molecule has 0 radical (unpaired) electrons. The lowest BCUT2D eigenvalue weighted by Crippen LogP contribution is -1.96. The summed E-state index contributed by atoms with van der Waals surface area (Å²) in [5.74, 6) is 0.707. The first-order valence-electron chi connectivity index (χ1n) is 16.7. The molecule has 0 bridgehead atoms. The number of rotatable bonds is 5. The van der Waals surface area contributed by atoms with E-state index in [9.17, 15) is 0 Å². The van der Waals surface area contributed by atoms with Crippen LogP contribution in [0.2, 0.25) is 0 Å². The number of aromatic nitrogens is 4. The van der Waals surface area contributed by atoms with E-state index in [4.69, 9.17) is 9.97 Å². The Bertz CT molecular complexity index is 2800. The van der Waals surface area contributed by atoms with Gasteiger partial charge in [0.15, 0.2) is 5.82 Å². The fourth-order valence-corrected chi connectivity index (χ4v) is 8.16. The van der Waals surface area contributed by atoms with Crippen LogP contribution < -0.4 is 0 Å². The van der Waals surface area contributed by atoms with Crippen LogP contribution in [0.4, 0.5) is 0 Å². The van der Waals surface area contributed by atoms with Gasteiger partial charge in [-0.25, -0.2) is 9.97 Å². The minimum absolute atomic E-state index is 0.707. The van der Waals surface area contributed by atoms with Crippen molar-refractivity contribution >= 4 is 53.3 Å². The van der Waals surface area contributed by atoms with Crippen LogP contribution in [0.15, 0.2) is 170 Å². The quantitative estimate of drug-likeness (QED) is 0.185. The van der Waals surface area contributed by atoms with Crippen molar-refractivity contribution in [2.45, 2.75) is 0 Å². The second-order valence-corrected chi connectivity index (χ2v) is 13.6. The fourth-order valence-electron chi connectivity index (χ4n) is 7.09. The lowest BCUT2D eigenvalue weighted by molar-refractivity contribution is 1.18. The van der Waals surface area contributed by atoms with Crippen LogP contribution in [-0.4, -0.2) is 19.5 Å². The van der Waals surface area contributed by atoms with Crippen LogP contribution in [0, 0.1) is 0 Å². The van der Waals surface area contributed by atoms with Gasteiger partial charge < -0.3 is 4.57 Å². The van der Waals surface area contributed by atoms with Gasteiger partial charge in [-0.05, 0) is 65.7 Å². The summed E-state index contributed by atoms with van der Waals surface area (Å²) in [5, 5.41) is 5.00. The van der Waals surface area contributed by atoms with Crippen molar-refractivity contribution in [3.05, 3.63) is 170 Å². The van der Waals surface area contributed by atoms with Crippen LogP contribution in [0.5, 0.6) is 0 Å². The highest BCUT2D eigenvalue weighted by molar-refractivity contribution is 7.25. The first kappa shape index (κ1) is 28.6. The fraction of sp³-hybridized carbons (Fsp3) is 0. The largest absolute Gasteiger partial charge is 0.309 e. The van der Waals surface area contributed by atoms with Crippen LogP contribution >= 0.6 is 11.3 Å². The normalized spacial score (nSPS) is 11.6. The number of pyridine rings is 1. The Morgan fingerprint density at radius 3 is 1.74 bits per heavy atom. The van der Waals surface area contributed by atoms with E-state index >= 15 is 0 Å². The number of hydrogen-bond donors (Lipinski definition) is 0. The molecule has 10 aromatic rings. The minimum atomic E-state index is 0.707. The van der Waals surface area contributed by atoms with Gasteiger partial charge in [-0.1, -0.05) is 103 Å². The van der Waals surface area contributed by atoms with E-state index in [1.807, 2.05) is 41.8 Å². The average Bonchev–Trinajstić information content (AvgIpc) is 3.73. The Labute approximate surface area is 292 Å². The molecule has 0 saturated carbocycles. The van der Waals surface area contributed by atoms with Crippen LogP contribution in [0.25, 0.3) is 92.7 Å². The predicted octanol–water partition coefficient (Wildman–Crippen LogP) is 12.0. The monoisotopic (exact) mass is 656 g/mol. The molecule has 4 nitrogen and oxygen atoms in total. The molecule has 50 heavy (non-hydrogen) atoms. The van der Waals surface area contributed by atoms with Crippen molar-refractivity contribution < 1.29 is 0 Å². The van der Waals surface area contributed by atoms with Gasteiger partial charge in [0, 0.05) is 65.7 Å². The minimum Gasteiger partial charge on any atom is -0.309 e. The molecule has 234 valence electrons. The summed E-state index contributed by atoms with van der Waals surface area (Å²) in [6.45, 7) is 0. The molecule has 0 fully saturated rings. The number of nitrogens with zero attached hydrogens (tertiary/aromatic N) is 4. The average molecular weight is 657 g/mol. The molecule has 0 aliphatic carbocycles. The van der Waals surface area contributed by atoms with Gasteiger partial charge in [0.25, 0.3) is 0 Å². The van der Waals surface area contributed by atoms with E-state index in [1.165, 1.54) is 42.0 Å². The number of hydrogen-bond acceptors (Lipinski definition) is 4. The highest BCUT2D eigenvalue weighted by Gasteiger charge is 2.16. The van der Waals surface area contributed by atoms with Crippen molar-refractivity contribution in [2.75, 3.05) is 0 Å². The topological polar surface area (TPSA) is 43.6 Å². The number of thiophene rings is 1. The summed E-state index contributed by atoms with van der Waals surface area (Å²) < 4.78 is 4.91. The molecule has 4 aromatic heterocycles. The maximum Gasteiger partial charge on any atom is 0.160 e. The molecule has 6 aromatic carbocycles. The van der Waals surface area contributed by atoms with Gasteiger partial charge in [-0.15, -0.1) is 11.3 Å². The third-order valence-corrected chi connectivity index (χ3v) is 10.7. The molecule has 4 heterocycles. The lowest BCUT2D eigenvalue weighted by atomic mass is 10.0. The van der Waals surface area contributed by atoms with E-state index in [2.05, 4.69) is 143 Å². The molecule has 0 aliphatic rings. The van der Waals surface area contributed by atoms with Gasteiger partial charge in [0.05, 0.1) is 22.4 Å². The van der Waals surface area contributed by atoms with E-state index in [0.717, 1.165) is 44.9 Å². The zero-order valence-corrected chi connectivity index (χ0v) is 27.7. The second kappa shape index (κ2) is 11.6. The predicted molar refractivity (Wildman–Crippen MR) is 209 cm³/mol. The van der Waals surface area contributed by atoms with Crippen molar-refractivity contribution in [1.29, 1.82) is 0 Å².